The lowest BCUT2D eigenvalue weighted by molar-refractivity contribution is 0.806. The molecule has 3 heterocycles. The molecule has 3 aromatic heterocycles. The molecule has 1 unspecified atom stereocenters. The van der Waals surface area contributed by atoms with Crippen LogP contribution in [0.5, 0.6) is 0 Å². The van der Waals surface area contributed by atoms with Gasteiger partial charge in [-0.05, 0) is 50.8 Å². The van der Waals surface area contributed by atoms with Gasteiger partial charge in [-0.1, -0.05) is 29.5 Å². The second-order valence-corrected chi connectivity index (χ2v) is 10.8. The largest absolute Gasteiger partial charge is 0.368 e. The van der Waals surface area contributed by atoms with Gasteiger partial charge in [-0.15, -0.1) is 11.3 Å². The summed E-state index contributed by atoms with van der Waals surface area (Å²) in [7, 11) is 3.72. The monoisotopic (exact) mass is 479 g/mol. The van der Waals surface area contributed by atoms with Gasteiger partial charge in [0.2, 0.25) is 11.9 Å². The number of anilines is 2. The molecule has 5 rings (SSSR count). The molecule has 1 aliphatic rings. The van der Waals surface area contributed by atoms with Gasteiger partial charge in [0, 0.05) is 19.0 Å². The Labute approximate surface area is 199 Å². The highest BCUT2D eigenvalue weighted by Gasteiger charge is 2.25. The Bertz CT molecular complexity index is 1410. The number of aryl methyl sites for hydroxylation is 3. The number of benzene rings is 1. The summed E-state index contributed by atoms with van der Waals surface area (Å²) in [6, 6.07) is 7.96. The summed E-state index contributed by atoms with van der Waals surface area (Å²) >= 11 is 3.10. The average molecular weight is 480 g/mol. The fraction of sp³-hybridized carbons (Fsp3) is 0.348. The molecule has 8 nitrogen and oxygen atoms in total. The molecule has 0 radical (unpaired) electrons. The zero-order valence-corrected chi connectivity index (χ0v) is 20.6. The van der Waals surface area contributed by atoms with Crippen LogP contribution in [-0.4, -0.2) is 38.6 Å². The molecule has 0 saturated carbocycles. The number of rotatable bonds is 5. The lowest BCUT2D eigenvalue weighted by Gasteiger charge is -2.17. The first-order valence-corrected chi connectivity index (χ1v) is 12.5. The smallest absolute Gasteiger partial charge is 0.267 e. The van der Waals surface area contributed by atoms with Crippen molar-refractivity contribution in [3.8, 4) is 5.69 Å². The summed E-state index contributed by atoms with van der Waals surface area (Å²) in [6.45, 7) is 4.02. The molecule has 0 spiro atoms. The van der Waals surface area contributed by atoms with Crippen LogP contribution in [0.25, 0.3) is 15.9 Å². The molecule has 170 valence electrons. The molecule has 0 aliphatic heterocycles. The number of nitrogen functional groups attached to an aromatic ring is 1. The first kappa shape index (κ1) is 21.8. The highest BCUT2D eigenvalue weighted by Crippen LogP contribution is 2.38. The van der Waals surface area contributed by atoms with Crippen molar-refractivity contribution in [2.75, 3.05) is 24.7 Å². The zero-order valence-electron chi connectivity index (χ0n) is 19.0. The van der Waals surface area contributed by atoms with Gasteiger partial charge in [0.15, 0.2) is 5.16 Å². The highest BCUT2D eigenvalue weighted by atomic mass is 32.2. The lowest BCUT2D eigenvalue weighted by atomic mass is 10.2. The summed E-state index contributed by atoms with van der Waals surface area (Å²) in [6.07, 6.45) is 3.07. The van der Waals surface area contributed by atoms with Crippen LogP contribution < -0.4 is 16.2 Å². The first-order valence-electron chi connectivity index (χ1n) is 10.8. The SMILES string of the molecule is Cc1ccc(-n2c(SC(C)c3nc(N)nc(N(C)C)n3)nc3sc4c(c3c2=O)CCC4)cc1. The van der Waals surface area contributed by atoms with Crippen molar-refractivity contribution in [3.63, 3.8) is 0 Å². The Hall–Kier alpha value is -2.98. The number of hydrogen-bond acceptors (Lipinski definition) is 9. The number of fused-ring (bicyclic) bond motifs is 3. The van der Waals surface area contributed by atoms with Crippen molar-refractivity contribution in [1.29, 1.82) is 0 Å². The fourth-order valence-electron chi connectivity index (χ4n) is 4.02. The maximum absolute atomic E-state index is 13.8. The molecule has 1 atom stereocenters. The van der Waals surface area contributed by atoms with Crippen molar-refractivity contribution in [3.05, 3.63) is 56.4 Å². The topological polar surface area (TPSA) is 103 Å². The summed E-state index contributed by atoms with van der Waals surface area (Å²) in [4.78, 5) is 35.8. The Morgan fingerprint density at radius 3 is 2.61 bits per heavy atom. The van der Waals surface area contributed by atoms with Crippen LogP contribution in [0, 0.1) is 6.92 Å². The minimum absolute atomic E-state index is 0.0119. The van der Waals surface area contributed by atoms with Crippen LogP contribution in [0.2, 0.25) is 0 Å². The van der Waals surface area contributed by atoms with Crippen molar-refractivity contribution >= 4 is 45.2 Å². The lowest BCUT2D eigenvalue weighted by Crippen LogP contribution is -2.22. The Morgan fingerprint density at radius 1 is 1.12 bits per heavy atom. The molecular formula is C23H25N7OS2. The normalized spacial score (nSPS) is 13.9. The van der Waals surface area contributed by atoms with Gasteiger partial charge in [-0.2, -0.15) is 15.0 Å². The third kappa shape index (κ3) is 3.97. The highest BCUT2D eigenvalue weighted by molar-refractivity contribution is 7.99. The van der Waals surface area contributed by atoms with Gasteiger partial charge in [0.25, 0.3) is 5.56 Å². The van der Waals surface area contributed by atoms with Crippen LogP contribution >= 0.6 is 23.1 Å². The predicted octanol–water partition coefficient (Wildman–Crippen LogP) is 3.93. The standard InChI is InChI=1S/C23H25N7OS2/c1-12-8-10-14(11-9-12)30-20(31)17-15-6-5-7-16(15)33-19(17)27-23(30)32-13(2)18-25-21(24)28-22(26-18)29(3)4/h8-11,13H,5-7H2,1-4H3,(H2,24,25,26,28). The van der Waals surface area contributed by atoms with E-state index >= 15 is 0 Å². The minimum atomic E-state index is -0.193. The van der Waals surface area contributed by atoms with Crippen molar-refractivity contribution < 1.29 is 0 Å². The number of nitrogens with zero attached hydrogens (tertiary/aromatic N) is 6. The van der Waals surface area contributed by atoms with E-state index < -0.39 is 0 Å². The van der Waals surface area contributed by atoms with E-state index in [0.29, 0.717) is 16.9 Å². The molecular weight excluding hydrogens is 454 g/mol. The molecule has 0 fully saturated rings. The molecule has 10 heteroatoms. The molecule has 4 aromatic rings. The van der Waals surface area contributed by atoms with Gasteiger partial charge >= 0.3 is 0 Å². The number of thiophene rings is 1. The quantitative estimate of drug-likeness (QED) is 0.339. The molecule has 1 aromatic carbocycles. The number of nitrogens with two attached hydrogens (primary N) is 1. The maximum Gasteiger partial charge on any atom is 0.267 e. The zero-order chi connectivity index (χ0) is 23.3. The summed E-state index contributed by atoms with van der Waals surface area (Å²) in [5.74, 6) is 1.22. The third-order valence-electron chi connectivity index (χ3n) is 5.70. The van der Waals surface area contributed by atoms with Gasteiger partial charge in [0.05, 0.1) is 16.3 Å². The van der Waals surface area contributed by atoms with Crippen molar-refractivity contribution in [1.82, 2.24) is 24.5 Å². The van der Waals surface area contributed by atoms with Gasteiger partial charge in [-0.3, -0.25) is 9.36 Å². The van der Waals surface area contributed by atoms with E-state index in [0.717, 1.165) is 40.7 Å². The third-order valence-corrected chi connectivity index (χ3v) is 7.94. The van der Waals surface area contributed by atoms with E-state index in [-0.39, 0.29) is 16.8 Å². The van der Waals surface area contributed by atoms with Gasteiger partial charge in [-0.25, -0.2) is 4.98 Å². The predicted molar refractivity (Wildman–Crippen MR) is 135 cm³/mol. The Morgan fingerprint density at radius 2 is 1.88 bits per heavy atom. The van der Waals surface area contributed by atoms with Crippen LogP contribution in [0.1, 0.15) is 40.4 Å². The molecule has 1 aliphatic carbocycles. The van der Waals surface area contributed by atoms with Gasteiger partial charge in [0.1, 0.15) is 10.7 Å². The maximum atomic E-state index is 13.8. The second kappa shape index (κ2) is 8.42. The Kier molecular flexibility index (Phi) is 5.57. The van der Waals surface area contributed by atoms with E-state index in [9.17, 15) is 4.79 Å². The molecule has 33 heavy (non-hydrogen) atoms. The molecule has 0 bridgehead atoms. The first-order chi connectivity index (χ1) is 15.8. The van der Waals surface area contributed by atoms with Crippen LogP contribution in [0.3, 0.4) is 0 Å². The van der Waals surface area contributed by atoms with Gasteiger partial charge < -0.3 is 10.6 Å². The summed E-state index contributed by atoms with van der Waals surface area (Å²) < 4.78 is 1.73. The van der Waals surface area contributed by atoms with E-state index in [1.165, 1.54) is 22.2 Å². The molecule has 2 N–H and O–H groups in total. The van der Waals surface area contributed by atoms with Crippen LogP contribution in [-0.2, 0) is 12.8 Å². The van der Waals surface area contributed by atoms with Crippen molar-refractivity contribution in [2.24, 2.45) is 0 Å². The molecule has 0 amide bonds. The van der Waals surface area contributed by atoms with E-state index in [1.54, 1.807) is 20.8 Å². The average Bonchev–Trinajstić information content (AvgIpc) is 3.35. The number of thioether (sulfide) groups is 1. The summed E-state index contributed by atoms with van der Waals surface area (Å²) in [5, 5.41) is 1.19. The van der Waals surface area contributed by atoms with E-state index in [4.69, 9.17) is 10.7 Å². The number of aromatic nitrogens is 5. The second-order valence-electron chi connectivity index (χ2n) is 8.41. The Balaban J connectivity index is 1.65. The van der Waals surface area contributed by atoms with Crippen LogP contribution in [0.15, 0.2) is 34.2 Å². The number of hydrogen-bond donors (Lipinski definition) is 1. The van der Waals surface area contributed by atoms with Crippen LogP contribution in [0.4, 0.5) is 11.9 Å². The van der Waals surface area contributed by atoms with Crippen molar-refractivity contribution in [2.45, 2.75) is 43.5 Å². The minimum Gasteiger partial charge on any atom is -0.368 e. The fourth-order valence-corrected chi connectivity index (χ4v) is 6.29. The van der Waals surface area contributed by atoms with E-state index in [1.807, 2.05) is 52.2 Å². The van der Waals surface area contributed by atoms with E-state index in [2.05, 4.69) is 15.0 Å². The molecule has 0 saturated heterocycles. The summed E-state index contributed by atoms with van der Waals surface area (Å²) in [5.41, 5.74) is 9.04.